The summed E-state index contributed by atoms with van der Waals surface area (Å²) < 4.78 is 27.5. The van der Waals surface area contributed by atoms with Gasteiger partial charge in [-0.25, -0.2) is 8.78 Å². The second-order valence-electron chi connectivity index (χ2n) is 5.66. The molecule has 0 atom stereocenters. The van der Waals surface area contributed by atoms with Crippen LogP contribution in [-0.2, 0) is 0 Å². The van der Waals surface area contributed by atoms with Crippen LogP contribution in [0.25, 0.3) is 0 Å². The molecule has 4 nitrogen and oxygen atoms in total. The fraction of sp³-hybridized carbons (Fsp3) is 0.222. The molecule has 0 aromatic heterocycles. The van der Waals surface area contributed by atoms with Crippen LogP contribution in [0.15, 0.2) is 42.5 Å². The molecule has 1 aliphatic heterocycles. The highest BCUT2D eigenvalue weighted by atomic mass is 35.5. The van der Waals surface area contributed by atoms with Gasteiger partial charge in [-0.2, -0.15) is 0 Å². The molecule has 1 fully saturated rings. The summed E-state index contributed by atoms with van der Waals surface area (Å²) in [6, 6.07) is 10.0. The van der Waals surface area contributed by atoms with Crippen molar-refractivity contribution in [3.8, 4) is 0 Å². The summed E-state index contributed by atoms with van der Waals surface area (Å²) >= 11 is 6.04. The summed E-state index contributed by atoms with van der Waals surface area (Å²) in [5.41, 5.74) is -0.169. The number of halogens is 3. The SMILES string of the molecule is O=C(c1ccccc1Cl)N1CCN(C(=O)c2c(F)cccc2F)CC1. The highest BCUT2D eigenvalue weighted by Crippen LogP contribution is 2.20. The van der Waals surface area contributed by atoms with Crippen LogP contribution >= 0.6 is 11.6 Å². The van der Waals surface area contributed by atoms with Gasteiger partial charge in [-0.1, -0.05) is 29.8 Å². The normalized spacial score (nSPS) is 14.5. The molecular weight excluding hydrogens is 350 g/mol. The molecule has 25 heavy (non-hydrogen) atoms. The van der Waals surface area contributed by atoms with Gasteiger partial charge in [0.1, 0.15) is 17.2 Å². The largest absolute Gasteiger partial charge is 0.335 e. The van der Waals surface area contributed by atoms with Crippen LogP contribution < -0.4 is 0 Å². The lowest BCUT2D eigenvalue weighted by atomic mass is 10.1. The number of carbonyl (C=O) groups excluding carboxylic acids is 2. The third kappa shape index (κ3) is 3.49. The third-order valence-corrected chi connectivity index (χ3v) is 4.46. The van der Waals surface area contributed by atoms with Gasteiger partial charge in [0.15, 0.2) is 0 Å². The average molecular weight is 365 g/mol. The summed E-state index contributed by atoms with van der Waals surface area (Å²) in [6.45, 7) is 0.934. The molecule has 0 bridgehead atoms. The van der Waals surface area contributed by atoms with Gasteiger partial charge in [0, 0.05) is 26.2 Å². The first-order chi connectivity index (χ1) is 12.0. The molecule has 2 aromatic rings. The molecule has 1 saturated heterocycles. The van der Waals surface area contributed by atoms with Crippen molar-refractivity contribution < 1.29 is 18.4 Å². The Kier molecular flexibility index (Phi) is 4.99. The Morgan fingerprint density at radius 3 is 1.88 bits per heavy atom. The molecule has 3 rings (SSSR count). The Labute approximate surface area is 148 Å². The summed E-state index contributed by atoms with van der Waals surface area (Å²) in [5.74, 6) is -2.71. The number of benzene rings is 2. The minimum absolute atomic E-state index is 0.197. The van der Waals surface area contributed by atoms with Crippen LogP contribution in [0, 0.1) is 11.6 Å². The molecule has 0 unspecified atom stereocenters. The van der Waals surface area contributed by atoms with Crippen molar-refractivity contribution in [3.05, 3.63) is 70.2 Å². The van der Waals surface area contributed by atoms with Gasteiger partial charge in [-0.05, 0) is 24.3 Å². The molecule has 2 aromatic carbocycles. The van der Waals surface area contributed by atoms with Crippen molar-refractivity contribution in [2.24, 2.45) is 0 Å². The van der Waals surface area contributed by atoms with E-state index in [4.69, 9.17) is 11.6 Å². The van der Waals surface area contributed by atoms with E-state index in [1.54, 1.807) is 29.2 Å². The molecule has 0 radical (unpaired) electrons. The Morgan fingerprint density at radius 2 is 1.32 bits per heavy atom. The Hall–Kier alpha value is -2.47. The van der Waals surface area contributed by atoms with Gasteiger partial charge in [-0.15, -0.1) is 0 Å². The van der Waals surface area contributed by atoms with E-state index in [9.17, 15) is 18.4 Å². The maximum Gasteiger partial charge on any atom is 0.259 e. The molecule has 130 valence electrons. The first-order valence-electron chi connectivity index (χ1n) is 7.76. The fourth-order valence-electron chi connectivity index (χ4n) is 2.78. The van der Waals surface area contributed by atoms with Crippen LogP contribution in [0.1, 0.15) is 20.7 Å². The highest BCUT2D eigenvalue weighted by Gasteiger charge is 2.28. The van der Waals surface area contributed by atoms with Crippen molar-refractivity contribution in [2.45, 2.75) is 0 Å². The van der Waals surface area contributed by atoms with E-state index in [1.165, 1.54) is 11.0 Å². The van der Waals surface area contributed by atoms with Crippen LogP contribution in [0.3, 0.4) is 0 Å². The highest BCUT2D eigenvalue weighted by molar-refractivity contribution is 6.33. The van der Waals surface area contributed by atoms with E-state index < -0.39 is 23.1 Å². The molecule has 7 heteroatoms. The predicted octanol–water partition coefficient (Wildman–Crippen LogP) is 3.22. The van der Waals surface area contributed by atoms with E-state index in [2.05, 4.69) is 0 Å². The van der Waals surface area contributed by atoms with Gasteiger partial charge in [0.05, 0.1) is 10.6 Å². The monoisotopic (exact) mass is 364 g/mol. The minimum atomic E-state index is -0.889. The molecular formula is C18H15ClF2N2O2. The zero-order valence-corrected chi connectivity index (χ0v) is 14.0. The average Bonchev–Trinajstić information content (AvgIpc) is 2.61. The zero-order chi connectivity index (χ0) is 18.0. The summed E-state index contributed by atoms with van der Waals surface area (Å²) in [6.07, 6.45) is 0. The van der Waals surface area contributed by atoms with Crippen molar-refractivity contribution in [2.75, 3.05) is 26.2 Å². The topological polar surface area (TPSA) is 40.6 Å². The molecule has 0 saturated carbocycles. The van der Waals surface area contributed by atoms with Crippen molar-refractivity contribution in [1.82, 2.24) is 9.80 Å². The lowest BCUT2D eigenvalue weighted by molar-refractivity contribution is 0.0530. The minimum Gasteiger partial charge on any atom is -0.335 e. The van der Waals surface area contributed by atoms with Crippen molar-refractivity contribution in [1.29, 1.82) is 0 Å². The van der Waals surface area contributed by atoms with Gasteiger partial charge >= 0.3 is 0 Å². The number of amides is 2. The van der Waals surface area contributed by atoms with Gasteiger partial charge in [-0.3, -0.25) is 9.59 Å². The molecule has 1 heterocycles. The number of hydrogen-bond acceptors (Lipinski definition) is 2. The first-order valence-corrected chi connectivity index (χ1v) is 8.14. The molecule has 0 spiro atoms. The number of nitrogens with zero attached hydrogens (tertiary/aromatic N) is 2. The number of piperazine rings is 1. The second kappa shape index (κ2) is 7.19. The predicted molar refractivity (Wildman–Crippen MR) is 89.6 cm³/mol. The van der Waals surface area contributed by atoms with Crippen molar-refractivity contribution >= 4 is 23.4 Å². The quantitative estimate of drug-likeness (QED) is 0.821. The Bertz CT molecular complexity index is 800. The molecule has 0 N–H and O–H groups in total. The maximum absolute atomic E-state index is 13.8. The smallest absolute Gasteiger partial charge is 0.259 e. The molecule has 2 amide bonds. The molecule has 0 aliphatic carbocycles. The van der Waals surface area contributed by atoms with E-state index in [0.29, 0.717) is 10.6 Å². The second-order valence-corrected chi connectivity index (χ2v) is 6.07. The van der Waals surface area contributed by atoms with Crippen LogP contribution in [-0.4, -0.2) is 47.8 Å². The summed E-state index contributed by atoms with van der Waals surface area (Å²) in [5, 5.41) is 0.361. The van der Waals surface area contributed by atoms with Crippen LogP contribution in [0.5, 0.6) is 0 Å². The maximum atomic E-state index is 13.8. The molecule has 1 aliphatic rings. The van der Waals surface area contributed by atoms with Gasteiger partial charge in [0.25, 0.3) is 11.8 Å². The Balaban J connectivity index is 1.69. The lowest BCUT2D eigenvalue weighted by Crippen LogP contribution is -2.50. The number of carbonyl (C=O) groups is 2. The first kappa shape index (κ1) is 17.4. The van der Waals surface area contributed by atoms with E-state index >= 15 is 0 Å². The number of hydrogen-bond donors (Lipinski definition) is 0. The Morgan fingerprint density at radius 1 is 0.800 bits per heavy atom. The zero-order valence-electron chi connectivity index (χ0n) is 13.2. The van der Waals surface area contributed by atoms with E-state index in [-0.39, 0.29) is 32.1 Å². The van der Waals surface area contributed by atoms with E-state index in [1.807, 2.05) is 0 Å². The van der Waals surface area contributed by atoms with Crippen LogP contribution in [0.4, 0.5) is 8.78 Å². The standard InChI is InChI=1S/C18H15ClF2N2O2/c19-13-5-2-1-4-12(13)17(24)22-8-10-23(11-9-22)18(25)16-14(20)6-3-7-15(16)21/h1-7H,8-11H2. The van der Waals surface area contributed by atoms with E-state index in [0.717, 1.165) is 12.1 Å². The fourth-order valence-corrected chi connectivity index (χ4v) is 2.99. The summed E-state index contributed by atoms with van der Waals surface area (Å²) in [4.78, 5) is 27.8. The van der Waals surface area contributed by atoms with Gasteiger partial charge in [0.2, 0.25) is 0 Å². The van der Waals surface area contributed by atoms with Crippen LogP contribution in [0.2, 0.25) is 5.02 Å². The van der Waals surface area contributed by atoms with Crippen molar-refractivity contribution in [3.63, 3.8) is 0 Å². The van der Waals surface area contributed by atoms with Gasteiger partial charge < -0.3 is 9.80 Å². The third-order valence-electron chi connectivity index (χ3n) is 4.13. The summed E-state index contributed by atoms with van der Waals surface area (Å²) in [7, 11) is 0. The number of rotatable bonds is 2. The lowest BCUT2D eigenvalue weighted by Gasteiger charge is -2.35.